The van der Waals surface area contributed by atoms with Crippen LogP contribution in [0.4, 0.5) is 11.5 Å². The first-order valence-electron chi connectivity index (χ1n) is 12.7. The second-order valence-corrected chi connectivity index (χ2v) is 9.39. The molecule has 37 heavy (non-hydrogen) atoms. The van der Waals surface area contributed by atoms with Crippen molar-refractivity contribution in [2.24, 2.45) is 0 Å². The third-order valence-electron chi connectivity index (χ3n) is 6.87. The highest BCUT2D eigenvalue weighted by atomic mass is 16.5. The van der Waals surface area contributed by atoms with E-state index in [0.29, 0.717) is 26.2 Å². The molecule has 4 heterocycles. The molecule has 9 heteroatoms. The largest absolute Gasteiger partial charge is 0.493 e. The van der Waals surface area contributed by atoms with E-state index >= 15 is 0 Å². The number of fused-ring (bicyclic) bond motifs is 3. The summed E-state index contributed by atoms with van der Waals surface area (Å²) in [5.74, 6) is 1.63. The van der Waals surface area contributed by atoms with Crippen molar-refractivity contribution in [1.29, 1.82) is 0 Å². The molecule has 0 amide bonds. The zero-order chi connectivity index (χ0) is 25.2. The lowest BCUT2D eigenvalue weighted by atomic mass is 10.0. The van der Waals surface area contributed by atoms with Gasteiger partial charge in [-0.25, -0.2) is 4.98 Å². The van der Waals surface area contributed by atoms with Crippen molar-refractivity contribution in [3.8, 4) is 11.5 Å². The van der Waals surface area contributed by atoms with Crippen LogP contribution in [0.15, 0.2) is 54.7 Å². The number of aryl methyl sites for hydroxylation is 1. The fourth-order valence-corrected chi connectivity index (χ4v) is 5.03. The fourth-order valence-electron chi connectivity index (χ4n) is 5.03. The van der Waals surface area contributed by atoms with Crippen molar-refractivity contribution in [3.05, 3.63) is 71.5 Å². The number of hydrogen-bond donors (Lipinski definition) is 3. The summed E-state index contributed by atoms with van der Waals surface area (Å²) in [6.07, 6.45) is 4.60. The minimum absolute atomic E-state index is 0.0860. The molecule has 4 aromatic rings. The average molecular weight is 500 g/mol. The van der Waals surface area contributed by atoms with Gasteiger partial charge in [-0.05, 0) is 60.4 Å². The number of aliphatic carboxylic acids is 1. The van der Waals surface area contributed by atoms with Crippen LogP contribution < -0.4 is 20.1 Å². The number of rotatable bonds is 8. The first kappa shape index (κ1) is 23.1. The van der Waals surface area contributed by atoms with Gasteiger partial charge in [0.25, 0.3) is 0 Å². The summed E-state index contributed by atoms with van der Waals surface area (Å²) in [5.41, 5.74) is 4.86. The van der Waals surface area contributed by atoms with Crippen molar-refractivity contribution >= 4 is 28.4 Å². The lowest BCUT2D eigenvalue weighted by Crippen LogP contribution is -2.20. The number of hydrogen-bond acceptors (Lipinski definition) is 7. The van der Waals surface area contributed by atoms with Crippen LogP contribution in [0.5, 0.6) is 11.5 Å². The van der Waals surface area contributed by atoms with Gasteiger partial charge < -0.3 is 25.2 Å². The SMILES string of the molecule is O=C(O)CC(c1ccc2c(c1)NCCO2)n1ncc2cc(OCCc3ccc4c(n3)NCCC4)ccc21. The van der Waals surface area contributed by atoms with Gasteiger partial charge in [-0.1, -0.05) is 12.1 Å². The third kappa shape index (κ3) is 4.89. The normalized spacial score (nSPS) is 15.0. The summed E-state index contributed by atoms with van der Waals surface area (Å²) < 4.78 is 13.5. The molecule has 0 bridgehead atoms. The Kier molecular flexibility index (Phi) is 6.26. The van der Waals surface area contributed by atoms with E-state index in [-0.39, 0.29) is 6.42 Å². The Morgan fingerprint density at radius 1 is 1.14 bits per heavy atom. The molecule has 2 aromatic carbocycles. The molecule has 0 spiro atoms. The molecule has 0 saturated heterocycles. The van der Waals surface area contributed by atoms with Crippen LogP contribution in [0.3, 0.4) is 0 Å². The standard InChI is InChI=1S/C28H29N5O4/c34-27(35)16-25(19-4-8-26-23(15-19)29-11-13-37-26)33-24-7-6-22(14-20(24)17-31-33)36-12-9-21-5-3-18-2-1-10-30-28(18)32-21/h3-8,14-15,17,25,29H,1-2,9-13,16H2,(H,30,32)(H,34,35). The first-order chi connectivity index (χ1) is 18.1. The van der Waals surface area contributed by atoms with Crippen molar-refractivity contribution in [3.63, 3.8) is 0 Å². The molecule has 1 unspecified atom stereocenters. The molecule has 1 atom stereocenters. The fraction of sp³-hybridized carbons (Fsp3) is 0.321. The summed E-state index contributed by atoms with van der Waals surface area (Å²) in [6, 6.07) is 15.3. The Bertz CT molecular complexity index is 1450. The van der Waals surface area contributed by atoms with Crippen LogP contribution in [0.2, 0.25) is 0 Å². The summed E-state index contributed by atoms with van der Waals surface area (Å²) in [4.78, 5) is 16.5. The Morgan fingerprint density at radius 3 is 3.00 bits per heavy atom. The molecule has 0 aliphatic carbocycles. The molecule has 3 N–H and O–H groups in total. The minimum atomic E-state index is -0.887. The highest BCUT2D eigenvalue weighted by molar-refractivity contribution is 5.81. The average Bonchev–Trinajstić information content (AvgIpc) is 3.34. The zero-order valence-corrected chi connectivity index (χ0v) is 20.4. The summed E-state index contributed by atoms with van der Waals surface area (Å²) in [6.45, 7) is 2.81. The number of pyridine rings is 1. The number of carbonyl (C=O) groups is 1. The van der Waals surface area contributed by atoms with Gasteiger partial charge in [-0.15, -0.1) is 0 Å². The number of aromatic nitrogens is 3. The molecule has 2 aromatic heterocycles. The molecule has 0 radical (unpaired) electrons. The number of nitrogens with one attached hydrogen (secondary N) is 2. The molecular weight excluding hydrogens is 470 g/mol. The highest BCUT2D eigenvalue weighted by Gasteiger charge is 2.23. The van der Waals surface area contributed by atoms with Crippen LogP contribution in [0.1, 0.15) is 35.7 Å². The van der Waals surface area contributed by atoms with E-state index in [1.54, 1.807) is 10.9 Å². The number of carboxylic acids is 1. The number of ether oxygens (including phenoxy) is 2. The topological polar surface area (TPSA) is 111 Å². The Hall–Kier alpha value is -4.27. The predicted molar refractivity (Wildman–Crippen MR) is 141 cm³/mol. The number of benzene rings is 2. The van der Waals surface area contributed by atoms with Crippen molar-refractivity contribution < 1.29 is 19.4 Å². The van der Waals surface area contributed by atoms with Crippen LogP contribution in [0.25, 0.3) is 10.9 Å². The van der Waals surface area contributed by atoms with Crippen LogP contribution in [-0.4, -0.2) is 52.1 Å². The van der Waals surface area contributed by atoms with Crippen molar-refractivity contribution in [2.75, 3.05) is 36.9 Å². The quantitative estimate of drug-likeness (QED) is 0.330. The summed E-state index contributed by atoms with van der Waals surface area (Å²) in [7, 11) is 0. The maximum atomic E-state index is 11.8. The van der Waals surface area contributed by atoms with Gasteiger partial charge in [0.15, 0.2) is 0 Å². The molecule has 190 valence electrons. The second kappa shape index (κ2) is 10.0. The molecule has 9 nitrogen and oxygen atoms in total. The monoisotopic (exact) mass is 499 g/mol. The maximum Gasteiger partial charge on any atom is 0.305 e. The van der Waals surface area contributed by atoms with E-state index in [9.17, 15) is 9.90 Å². The second-order valence-electron chi connectivity index (χ2n) is 9.39. The lowest BCUT2D eigenvalue weighted by Gasteiger charge is -2.23. The highest BCUT2D eigenvalue weighted by Crippen LogP contribution is 2.34. The molecule has 6 rings (SSSR count). The lowest BCUT2D eigenvalue weighted by molar-refractivity contribution is -0.137. The Balaban J connectivity index is 1.19. The molecular formula is C28H29N5O4. The van der Waals surface area contributed by atoms with Gasteiger partial charge >= 0.3 is 5.97 Å². The molecule has 2 aliphatic rings. The van der Waals surface area contributed by atoms with Crippen LogP contribution in [-0.2, 0) is 17.6 Å². The molecule has 0 fully saturated rings. The van der Waals surface area contributed by atoms with E-state index in [4.69, 9.17) is 14.5 Å². The Labute approximate surface area is 214 Å². The first-order valence-corrected chi connectivity index (χ1v) is 12.7. The predicted octanol–water partition coefficient (Wildman–Crippen LogP) is 4.28. The van der Waals surface area contributed by atoms with E-state index < -0.39 is 12.0 Å². The van der Waals surface area contributed by atoms with Crippen LogP contribution >= 0.6 is 0 Å². The summed E-state index contributed by atoms with van der Waals surface area (Å²) >= 11 is 0. The number of anilines is 2. The number of nitrogens with zero attached hydrogens (tertiary/aromatic N) is 3. The van der Waals surface area contributed by atoms with Crippen LogP contribution in [0, 0.1) is 0 Å². The third-order valence-corrected chi connectivity index (χ3v) is 6.87. The number of carboxylic acid groups (broad SMARTS) is 1. The van der Waals surface area contributed by atoms with Gasteiger partial charge in [-0.3, -0.25) is 9.48 Å². The van der Waals surface area contributed by atoms with E-state index in [1.165, 1.54) is 5.56 Å². The van der Waals surface area contributed by atoms with E-state index in [0.717, 1.165) is 64.6 Å². The van der Waals surface area contributed by atoms with E-state index in [2.05, 4.69) is 27.9 Å². The van der Waals surface area contributed by atoms with E-state index in [1.807, 2.05) is 36.4 Å². The van der Waals surface area contributed by atoms with Gasteiger partial charge in [0.1, 0.15) is 23.9 Å². The van der Waals surface area contributed by atoms with Gasteiger partial charge in [0, 0.05) is 30.6 Å². The smallest absolute Gasteiger partial charge is 0.305 e. The van der Waals surface area contributed by atoms with Gasteiger partial charge in [0.2, 0.25) is 0 Å². The Morgan fingerprint density at radius 2 is 2.08 bits per heavy atom. The molecule has 0 saturated carbocycles. The maximum absolute atomic E-state index is 11.8. The summed E-state index contributed by atoms with van der Waals surface area (Å²) in [5, 5.41) is 21.8. The van der Waals surface area contributed by atoms with Crippen molar-refractivity contribution in [1.82, 2.24) is 14.8 Å². The molecule has 2 aliphatic heterocycles. The zero-order valence-electron chi connectivity index (χ0n) is 20.4. The van der Waals surface area contributed by atoms with Crippen molar-refractivity contribution in [2.45, 2.75) is 31.7 Å². The van der Waals surface area contributed by atoms with Gasteiger partial charge in [0.05, 0.1) is 36.5 Å². The minimum Gasteiger partial charge on any atom is -0.493 e. The van der Waals surface area contributed by atoms with Gasteiger partial charge in [-0.2, -0.15) is 5.10 Å².